The van der Waals surface area contributed by atoms with Crippen LogP contribution < -0.4 is 5.32 Å². The van der Waals surface area contributed by atoms with Gasteiger partial charge in [0.15, 0.2) is 0 Å². The van der Waals surface area contributed by atoms with Gasteiger partial charge in [-0.3, -0.25) is 14.5 Å². The van der Waals surface area contributed by atoms with Gasteiger partial charge >= 0.3 is 5.97 Å². The summed E-state index contributed by atoms with van der Waals surface area (Å²) in [4.78, 5) is 24.6. The summed E-state index contributed by atoms with van der Waals surface area (Å²) in [6.45, 7) is 1.12. The largest absolute Gasteiger partial charge is 0.481 e. The molecule has 0 spiro atoms. The van der Waals surface area contributed by atoms with Gasteiger partial charge in [0.05, 0.1) is 23.0 Å². The number of rotatable bonds is 4. The van der Waals surface area contributed by atoms with Crippen LogP contribution in [-0.2, 0) is 9.59 Å². The van der Waals surface area contributed by atoms with E-state index in [1.165, 1.54) is 12.1 Å². The summed E-state index contributed by atoms with van der Waals surface area (Å²) in [5.74, 6) is -1.46. The molecule has 0 radical (unpaired) electrons. The number of nitrogens with zero attached hydrogens (tertiary/aromatic N) is 2. The number of benzene rings is 1. The van der Waals surface area contributed by atoms with Crippen LogP contribution in [0.3, 0.4) is 0 Å². The highest BCUT2D eigenvalue weighted by atomic mass is 35.5. The molecule has 1 amide bonds. The summed E-state index contributed by atoms with van der Waals surface area (Å²) in [6, 6.07) is 6.60. The number of nitrogens with one attached hydrogen (secondary N) is 1. The molecule has 1 fully saturated rings. The number of carboxylic acids is 1. The quantitative estimate of drug-likeness (QED) is 0.880. The summed E-state index contributed by atoms with van der Waals surface area (Å²) < 4.78 is 0. The molecule has 1 aromatic carbocycles. The Balaban J connectivity index is 1.89. The van der Waals surface area contributed by atoms with E-state index in [-0.39, 0.29) is 17.5 Å². The summed E-state index contributed by atoms with van der Waals surface area (Å²) in [5.41, 5.74) is 0.858. The second-order valence-corrected chi connectivity index (χ2v) is 5.32. The smallest absolute Gasteiger partial charge is 0.307 e. The third-order valence-corrected chi connectivity index (χ3v) is 3.67. The number of carbonyl (C=O) groups is 2. The molecule has 2 N–H and O–H groups in total. The van der Waals surface area contributed by atoms with Crippen LogP contribution >= 0.6 is 11.6 Å². The molecule has 0 saturated carbocycles. The number of nitriles is 1. The van der Waals surface area contributed by atoms with Crippen molar-refractivity contribution >= 4 is 29.2 Å². The van der Waals surface area contributed by atoms with Gasteiger partial charge in [0.1, 0.15) is 6.07 Å². The van der Waals surface area contributed by atoms with Gasteiger partial charge in [0.2, 0.25) is 5.91 Å². The van der Waals surface area contributed by atoms with Gasteiger partial charge in [-0.15, -0.1) is 0 Å². The van der Waals surface area contributed by atoms with E-state index in [0.29, 0.717) is 30.8 Å². The first kappa shape index (κ1) is 15.3. The zero-order valence-electron chi connectivity index (χ0n) is 11.2. The fourth-order valence-corrected chi connectivity index (χ4v) is 2.49. The van der Waals surface area contributed by atoms with Gasteiger partial charge in [-0.25, -0.2) is 0 Å². The van der Waals surface area contributed by atoms with E-state index in [0.717, 1.165) is 0 Å². The number of halogens is 1. The van der Waals surface area contributed by atoms with Crippen molar-refractivity contribution in [3.63, 3.8) is 0 Å². The maximum absolute atomic E-state index is 11.9. The van der Waals surface area contributed by atoms with E-state index in [2.05, 4.69) is 5.32 Å². The molecule has 1 aliphatic heterocycles. The SMILES string of the molecule is N#Cc1ccc(NC(=O)CN2CCC(C(=O)O)C2)cc1Cl. The molecule has 7 heteroatoms. The van der Waals surface area contributed by atoms with Crippen molar-refractivity contribution in [2.24, 2.45) is 5.92 Å². The number of likely N-dealkylation sites (tertiary alicyclic amines) is 1. The molecule has 0 aromatic heterocycles. The van der Waals surface area contributed by atoms with Crippen molar-refractivity contribution in [2.75, 3.05) is 25.0 Å². The number of anilines is 1. The molecule has 21 heavy (non-hydrogen) atoms. The van der Waals surface area contributed by atoms with Crippen molar-refractivity contribution in [1.82, 2.24) is 4.90 Å². The molecule has 110 valence electrons. The molecule has 1 atom stereocenters. The highest BCUT2D eigenvalue weighted by Gasteiger charge is 2.28. The Morgan fingerprint density at radius 1 is 1.52 bits per heavy atom. The predicted octanol–water partition coefficient (Wildman–Crippen LogP) is 1.56. The molecule has 6 nitrogen and oxygen atoms in total. The lowest BCUT2D eigenvalue weighted by Crippen LogP contribution is -2.32. The average molecular weight is 308 g/mol. The van der Waals surface area contributed by atoms with Crippen LogP contribution in [0, 0.1) is 17.2 Å². The van der Waals surface area contributed by atoms with Crippen LogP contribution in [-0.4, -0.2) is 41.5 Å². The minimum absolute atomic E-state index is 0.140. The van der Waals surface area contributed by atoms with E-state index in [1.807, 2.05) is 6.07 Å². The summed E-state index contributed by atoms with van der Waals surface area (Å²) in [7, 11) is 0. The van der Waals surface area contributed by atoms with Crippen molar-refractivity contribution in [3.05, 3.63) is 28.8 Å². The Hall–Kier alpha value is -2.10. The van der Waals surface area contributed by atoms with Crippen molar-refractivity contribution in [3.8, 4) is 6.07 Å². The zero-order valence-corrected chi connectivity index (χ0v) is 11.9. The van der Waals surface area contributed by atoms with Crippen LogP contribution in [0.4, 0.5) is 5.69 Å². The van der Waals surface area contributed by atoms with E-state index < -0.39 is 11.9 Å². The van der Waals surface area contributed by atoms with Gasteiger partial charge in [0.25, 0.3) is 0 Å². The van der Waals surface area contributed by atoms with Crippen LogP contribution in [0.25, 0.3) is 0 Å². The van der Waals surface area contributed by atoms with Gasteiger partial charge in [-0.1, -0.05) is 11.6 Å². The normalized spacial score (nSPS) is 18.2. The Kier molecular flexibility index (Phi) is 4.78. The number of aliphatic carboxylic acids is 1. The van der Waals surface area contributed by atoms with E-state index in [1.54, 1.807) is 11.0 Å². The van der Waals surface area contributed by atoms with E-state index >= 15 is 0 Å². The molecule has 1 heterocycles. The number of carboxylic acid groups (broad SMARTS) is 1. The lowest BCUT2D eigenvalue weighted by Gasteiger charge is -2.14. The molecule has 1 aromatic rings. The minimum Gasteiger partial charge on any atom is -0.481 e. The van der Waals surface area contributed by atoms with Gasteiger partial charge in [-0.05, 0) is 31.2 Å². The van der Waals surface area contributed by atoms with E-state index in [4.69, 9.17) is 22.0 Å². The highest BCUT2D eigenvalue weighted by Crippen LogP contribution is 2.20. The second-order valence-electron chi connectivity index (χ2n) is 4.91. The highest BCUT2D eigenvalue weighted by molar-refractivity contribution is 6.32. The molecule has 0 bridgehead atoms. The summed E-state index contributed by atoms with van der Waals surface area (Å²) >= 11 is 5.89. The molecule has 0 aliphatic carbocycles. The number of carbonyl (C=O) groups excluding carboxylic acids is 1. The van der Waals surface area contributed by atoms with Gasteiger partial charge < -0.3 is 10.4 Å². The number of amides is 1. The lowest BCUT2D eigenvalue weighted by atomic mass is 10.1. The average Bonchev–Trinajstić information content (AvgIpc) is 2.87. The van der Waals surface area contributed by atoms with Gasteiger partial charge in [-0.2, -0.15) is 5.26 Å². The Morgan fingerprint density at radius 3 is 2.86 bits per heavy atom. The first-order valence-electron chi connectivity index (χ1n) is 6.44. The molecule has 2 rings (SSSR count). The summed E-state index contributed by atoms with van der Waals surface area (Å²) in [6.07, 6.45) is 0.561. The van der Waals surface area contributed by atoms with Crippen molar-refractivity contribution in [2.45, 2.75) is 6.42 Å². The topological polar surface area (TPSA) is 93.4 Å². The molecular weight excluding hydrogens is 294 g/mol. The number of hydrogen-bond donors (Lipinski definition) is 2. The zero-order chi connectivity index (χ0) is 15.4. The van der Waals surface area contributed by atoms with E-state index in [9.17, 15) is 9.59 Å². The Labute approximate surface area is 126 Å². The molecule has 1 unspecified atom stereocenters. The van der Waals surface area contributed by atoms with Crippen molar-refractivity contribution in [1.29, 1.82) is 5.26 Å². The Bertz CT molecular complexity index is 612. The first-order valence-corrected chi connectivity index (χ1v) is 6.82. The fraction of sp³-hybridized carbons (Fsp3) is 0.357. The Morgan fingerprint density at radius 2 is 2.29 bits per heavy atom. The minimum atomic E-state index is -0.822. The van der Waals surface area contributed by atoms with Crippen LogP contribution in [0.5, 0.6) is 0 Å². The fourth-order valence-electron chi connectivity index (χ4n) is 2.26. The molecular formula is C14H14ClN3O3. The first-order chi connectivity index (χ1) is 9.99. The summed E-state index contributed by atoms with van der Waals surface area (Å²) in [5, 5.41) is 20.6. The second kappa shape index (κ2) is 6.57. The number of hydrogen-bond acceptors (Lipinski definition) is 4. The van der Waals surface area contributed by atoms with Crippen LogP contribution in [0.2, 0.25) is 5.02 Å². The third kappa shape index (κ3) is 3.94. The maximum atomic E-state index is 11.9. The third-order valence-electron chi connectivity index (χ3n) is 3.36. The predicted molar refractivity (Wildman–Crippen MR) is 77.0 cm³/mol. The maximum Gasteiger partial charge on any atom is 0.307 e. The van der Waals surface area contributed by atoms with Crippen LogP contribution in [0.1, 0.15) is 12.0 Å². The van der Waals surface area contributed by atoms with Crippen molar-refractivity contribution < 1.29 is 14.7 Å². The standard InChI is InChI=1S/C14H14ClN3O3/c15-12-5-11(2-1-9(12)6-16)17-13(19)8-18-4-3-10(7-18)14(20)21/h1-2,5,10H,3-4,7-8H2,(H,17,19)(H,20,21). The monoisotopic (exact) mass is 307 g/mol. The van der Waals surface area contributed by atoms with Crippen LogP contribution in [0.15, 0.2) is 18.2 Å². The van der Waals surface area contributed by atoms with Gasteiger partial charge in [0, 0.05) is 12.2 Å². The molecule has 1 saturated heterocycles. The molecule has 1 aliphatic rings. The lowest BCUT2D eigenvalue weighted by molar-refractivity contribution is -0.141.